The van der Waals surface area contributed by atoms with Crippen molar-refractivity contribution >= 4 is 5.78 Å². The maximum atomic E-state index is 14.2. The molecule has 0 radical (unpaired) electrons. The second-order valence-corrected chi connectivity index (χ2v) is 12.9. The number of ether oxygens (including phenoxy) is 1. The molecule has 5 nitrogen and oxygen atoms in total. The molecule has 2 bridgehead atoms. The number of rotatable bonds is 2. The molecule has 5 aliphatic rings. The summed E-state index contributed by atoms with van der Waals surface area (Å²) in [6.07, 6.45) is 7.23. The van der Waals surface area contributed by atoms with Gasteiger partial charge < -0.3 is 4.74 Å². The van der Waals surface area contributed by atoms with Gasteiger partial charge in [0.15, 0.2) is 0 Å². The van der Waals surface area contributed by atoms with Crippen molar-refractivity contribution in [1.82, 2.24) is 0 Å². The zero-order valence-corrected chi connectivity index (χ0v) is 22.4. The van der Waals surface area contributed by atoms with E-state index in [2.05, 4.69) is 47.3 Å². The first kappa shape index (κ1) is 25.2. The van der Waals surface area contributed by atoms with Gasteiger partial charge in [0.05, 0.1) is 0 Å². The molecule has 0 amide bonds. The Labute approximate surface area is 215 Å². The first-order chi connectivity index (χ1) is 17.0. The number of allylic oxidation sites excluding steroid dienone is 3. The minimum absolute atomic E-state index is 0.0164. The largest absolute Gasteiger partial charge is 0.490 e. The third-order valence-electron chi connectivity index (χ3n) is 10.3. The van der Waals surface area contributed by atoms with Crippen molar-refractivity contribution in [3.63, 3.8) is 0 Å². The van der Waals surface area contributed by atoms with Gasteiger partial charge in [-0.25, -0.2) is 0 Å². The predicted molar refractivity (Wildman–Crippen MR) is 141 cm³/mol. The molecule has 5 heteroatoms. The molecule has 1 aromatic carbocycles. The van der Waals surface area contributed by atoms with E-state index in [0.717, 1.165) is 17.7 Å². The van der Waals surface area contributed by atoms with Gasteiger partial charge in [-0.1, -0.05) is 57.6 Å². The van der Waals surface area contributed by atoms with E-state index in [1.54, 1.807) is 0 Å². The first-order valence-corrected chi connectivity index (χ1v) is 13.7. The summed E-state index contributed by atoms with van der Waals surface area (Å²) >= 11 is 0. The lowest BCUT2D eigenvalue weighted by molar-refractivity contribution is -0.522. The molecule has 10 atom stereocenters. The quantitative estimate of drug-likeness (QED) is 0.263. The van der Waals surface area contributed by atoms with Crippen LogP contribution in [0.2, 0.25) is 0 Å². The Balaban J connectivity index is 1.69. The molecule has 3 aliphatic carbocycles. The van der Waals surface area contributed by atoms with Gasteiger partial charge in [0.1, 0.15) is 17.6 Å². The van der Waals surface area contributed by atoms with Gasteiger partial charge in [-0.05, 0) is 60.6 Å². The molecule has 0 saturated heterocycles. The van der Waals surface area contributed by atoms with Crippen LogP contribution in [0.15, 0.2) is 48.6 Å². The van der Waals surface area contributed by atoms with Crippen LogP contribution < -0.4 is 4.74 Å². The third kappa shape index (κ3) is 3.85. The molecule has 194 valence electrons. The maximum Gasteiger partial charge on any atom is 0.217 e. The number of benzene rings is 1. The number of hydrogen-bond donors (Lipinski definition) is 0. The topological polar surface area (TPSA) is 69.4 Å². The summed E-state index contributed by atoms with van der Waals surface area (Å²) in [5, 5.41) is 11.9. The highest BCUT2D eigenvalue weighted by atomic mass is 16.6. The average molecular weight is 492 g/mol. The lowest BCUT2D eigenvalue weighted by Gasteiger charge is -2.50. The van der Waals surface area contributed by atoms with Crippen LogP contribution in [-0.4, -0.2) is 22.9 Å². The fraction of sp³-hybridized carbons (Fsp3) is 0.645. The van der Waals surface area contributed by atoms with Crippen LogP contribution in [0, 0.1) is 56.5 Å². The Kier molecular flexibility index (Phi) is 6.20. The van der Waals surface area contributed by atoms with E-state index in [1.807, 2.05) is 30.3 Å². The fourth-order valence-electron chi connectivity index (χ4n) is 9.37. The van der Waals surface area contributed by atoms with Crippen LogP contribution >= 0.6 is 0 Å². The van der Waals surface area contributed by atoms with E-state index in [0.29, 0.717) is 24.2 Å². The van der Waals surface area contributed by atoms with Gasteiger partial charge in [-0.3, -0.25) is 14.9 Å². The number of nitrogens with zero attached hydrogens (tertiary/aromatic N) is 1. The van der Waals surface area contributed by atoms with Gasteiger partial charge in [-0.2, -0.15) is 0 Å². The summed E-state index contributed by atoms with van der Waals surface area (Å²) in [4.78, 5) is 25.8. The second kappa shape index (κ2) is 8.85. The number of Topliss-reactive ketones (excluding diaryl/α,β-unsaturated/α-hetero) is 1. The normalized spacial score (nSPS) is 44.1. The summed E-state index contributed by atoms with van der Waals surface area (Å²) in [6.45, 7) is 15.7. The highest BCUT2D eigenvalue weighted by Gasteiger charge is 2.67. The summed E-state index contributed by atoms with van der Waals surface area (Å²) in [6, 6.07) is 7.09. The molecular weight excluding hydrogens is 450 g/mol. The Morgan fingerprint density at radius 3 is 2.50 bits per heavy atom. The van der Waals surface area contributed by atoms with Crippen LogP contribution in [0.1, 0.15) is 65.9 Å². The number of carbonyl (C=O) groups is 1. The molecule has 2 heterocycles. The Morgan fingerprint density at radius 2 is 1.86 bits per heavy atom. The van der Waals surface area contributed by atoms with Crippen LogP contribution in [0.4, 0.5) is 0 Å². The minimum atomic E-state index is -0.770. The molecule has 0 N–H and O–H groups in total. The number of nitro groups is 1. The number of carbonyl (C=O) groups excluding carboxylic acids is 1. The van der Waals surface area contributed by atoms with Gasteiger partial charge in [0, 0.05) is 47.4 Å². The molecular formula is C31H41NO4. The Hall–Kier alpha value is -2.43. The van der Waals surface area contributed by atoms with E-state index in [4.69, 9.17) is 4.74 Å². The van der Waals surface area contributed by atoms with Crippen LogP contribution in [0.5, 0.6) is 5.75 Å². The molecule has 1 unspecified atom stereocenters. The fourth-order valence-corrected chi connectivity index (χ4v) is 9.37. The molecule has 36 heavy (non-hydrogen) atoms. The van der Waals surface area contributed by atoms with Gasteiger partial charge >= 0.3 is 0 Å². The second-order valence-electron chi connectivity index (χ2n) is 12.9. The maximum absolute atomic E-state index is 14.2. The zero-order valence-electron chi connectivity index (χ0n) is 22.4. The van der Waals surface area contributed by atoms with Crippen molar-refractivity contribution in [3.8, 4) is 5.75 Å². The zero-order chi connectivity index (χ0) is 26.0. The van der Waals surface area contributed by atoms with E-state index < -0.39 is 11.5 Å². The van der Waals surface area contributed by atoms with Crippen molar-refractivity contribution in [2.24, 2.45) is 46.3 Å². The molecule has 2 aliphatic heterocycles. The molecule has 2 fully saturated rings. The van der Waals surface area contributed by atoms with Crippen LogP contribution in [0.25, 0.3) is 0 Å². The van der Waals surface area contributed by atoms with Gasteiger partial charge in [0.25, 0.3) is 0 Å². The number of fused-ring (bicyclic) bond motifs is 8. The molecule has 2 saturated carbocycles. The van der Waals surface area contributed by atoms with Gasteiger partial charge in [0.2, 0.25) is 6.04 Å². The third-order valence-corrected chi connectivity index (χ3v) is 10.3. The monoisotopic (exact) mass is 491 g/mol. The minimum Gasteiger partial charge on any atom is -0.490 e. The van der Waals surface area contributed by atoms with E-state index in [-0.39, 0.29) is 52.8 Å². The van der Waals surface area contributed by atoms with Crippen molar-refractivity contribution in [2.75, 3.05) is 0 Å². The van der Waals surface area contributed by atoms with Crippen LogP contribution in [-0.2, 0) is 11.2 Å². The molecule has 1 aromatic rings. The van der Waals surface area contributed by atoms with E-state index in [1.165, 1.54) is 12.0 Å². The van der Waals surface area contributed by atoms with Crippen molar-refractivity contribution in [1.29, 1.82) is 0 Å². The summed E-state index contributed by atoms with van der Waals surface area (Å²) < 4.78 is 6.94. The lowest BCUT2D eigenvalue weighted by atomic mass is 9.53. The lowest BCUT2D eigenvalue weighted by Crippen LogP contribution is -2.48. The van der Waals surface area contributed by atoms with E-state index >= 15 is 0 Å². The van der Waals surface area contributed by atoms with Gasteiger partial charge in [-0.15, -0.1) is 6.58 Å². The van der Waals surface area contributed by atoms with Crippen molar-refractivity contribution < 1.29 is 14.5 Å². The molecule has 0 spiro atoms. The highest BCUT2D eigenvalue weighted by Crippen LogP contribution is 2.68. The standard InChI is InChI=1S/C31H41NO4/c1-7-30(5)17-20(4)26-25-28(30)24(33)13-10-22(32(34)35)15-21-8-11-23(12-9-21)36-29(25)27-19(3)14-18(2)16-31(26,27)6/h7-9,11-12,17-19,22,25-29H,1,10,13-16H2,2-6H3/t18-,19+,22?,25+,26-,27+,28-,29+,30+,31+/m0/s1. The summed E-state index contributed by atoms with van der Waals surface area (Å²) in [5.74, 6) is 2.34. The van der Waals surface area contributed by atoms with Crippen LogP contribution in [0.3, 0.4) is 0 Å². The smallest absolute Gasteiger partial charge is 0.217 e. The number of ketones is 1. The van der Waals surface area contributed by atoms with Crippen molar-refractivity contribution in [3.05, 3.63) is 64.2 Å². The predicted octanol–water partition coefficient (Wildman–Crippen LogP) is 6.69. The average Bonchev–Trinajstić information content (AvgIpc) is 3.05. The summed E-state index contributed by atoms with van der Waals surface area (Å²) in [5.41, 5.74) is 1.79. The SMILES string of the molecule is C=C[C@]1(C)C=C(C)[C@H]2[C@H]3[C@@H](Oc4ccc(cc4)CC([N+](=O)[O-])CCC(=O)[C@@H]31)[C@H]1[C@H](C)C[C@H](C)C[C@@]12C. The Morgan fingerprint density at radius 1 is 1.17 bits per heavy atom. The number of hydrogen-bond acceptors (Lipinski definition) is 4. The first-order valence-electron chi connectivity index (χ1n) is 13.7. The van der Waals surface area contributed by atoms with Crippen molar-refractivity contribution in [2.45, 2.75) is 78.9 Å². The van der Waals surface area contributed by atoms with E-state index in [9.17, 15) is 14.9 Å². The summed E-state index contributed by atoms with van der Waals surface area (Å²) in [7, 11) is 0. The molecule has 6 rings (SSSR count). The highest BCUT2D eigenvalue weighted by molar-refractivity contribution is 5.83. The Bertz CT molecular complexity index is 1090. The molecule has 0 aromatic heterocycles.